The lowest BCUT2D eigenvalue weighted by molar-refractivity contribution is 0.102. The third-order valence-corrected chi connectivity index (χ3v) is 3.10. The Morgan fingerprint density at radius 3 is 2.48 bits per heavy atom. The van der Waals surface area contributed by atoms with Crippen LogP contribution in [-0.4, -0.2) is 12.0 Å². The summed E-state index contributed by atoms with van der Waals surface area (Å²) in [5.41, 5.74) is -0.551. The van der Waals surface area contributed by atoms with Crippen molar-refractivity contribution < 1.29 is 22.7 Å². The maximum atomic E-state index is 13.8. The highest BCUT2D eigenvalue weighted by Crippen LogP contribution is 2.23. The van der Waals surface area contributed by atoms with Gasteiger partial charge in [0.1, 0.15) is 11.6 Å². The Hall–Kier alpha value is -2.50. The molecule has 23 heavy (non-hydrogen) atoms. The SMILES string of the molecule is Cc1c(F)c(F)cc(F)c1C(=O)Nc1cccc(OC(C)C)c1. The molecule has 0 saturated carbocycles. The molecule has 0 aliphatic heterocycles. The molecule has 122 valence electrons. The second-order valence-electron chi connectivity index (χ2n) is 5.30. The Labute approximate surface area is 132 Å². The lowest BCUT2D eigenvalue weighted by Crippen LogP contribution is -2.17. The van der Waals surface area contributed by atoms with Crippen LogP contribution in [0, 0.1) is 24.4 Å². The normalized spacial score (nSPS) is 10.7. The van der Waals surface area contributed by atoms with E-state index in [9.17, 15) is 18.0 Å². The van der Waals surface area contributed by atoms with Gasteiger partial charge in [0.05, 0.1) is 11.7 Å². The average molecular weight is 323 g/mol. The van der Waals surface area contributed by atoms with E-state index in [1.807, 2.05) is 13.8 Å². The second kappa shape index (κ2) is 6.73. The highest BCUT2D eigenvalue weighted by atomic mass is 19.2. The molecule has 0 spiro atoms. The predicted octanol–water partition coefficient (Wildman–Crippen LogP) is 4.45. The number of amides is 1. The number of anilines is 1. The lowest BCUT2D eigenvalue weighted by Gasteiger charge is -2.13. The van der Waals surface area contributed by atoms with Gasteiger partial charge < -0.3 is 10.1 Å². The quantitative estimate of drug-likeness (QED) is 0.844. The van der Waals surface area contributed by atoms with E-state index in [2.05, 4.69) is 5.32 Å². The van der Waals surface area contributed by atoms with Crippen LogP contribution in [0.3, 0.4) is 0 Å². The van der Waals surface area contributed by atoms with E-state index in [1.54, 1.807) is 24.3 Å². The van der Waals surface area contributed by atoms with Crippen molar-refractivity contribution in [3.8, 4) is 5.75 Å². The van der Waals surface area contributed by atoms with Gasteiger partial charge in [0.2, 0.25) is 0 Å². The van der Waals surface area contributed by atoms with Crippen molar-refractivity contribution in [1.82, 2.24) is 0 Å². The number of benzene rings is 2. The van der Waals surface area contributed by atoms with Gasteiger partial charge in [-0.05, 0) is 32.9 Å². The largest absolute Gasteiger partial charge is 0.491 e. The van der Waals surface area contributed by atoms with Crippen LogP contribution in [0.2, 0.25) is 0 Å². The summed E-state index contributed by atoms with van der Waals surface area (Å²) in [7, 11) is 0. The molecular formula is C17H16F3NO2. The Morgan fingerprint density at radius 1 is 1.13 bits per heavy atom. The topological polar surface area (TPSA) is 38.3 Å². The number of carbonyl (C=O) groups excluding carboxylic acids is 1. The molecular weight excluding hydrogens is 307 g/mol. The zero-order chi connectivity index (χ0) is 17.1. The molecule has 0 aliphatic carbocycles. The van der Waals surface area contributed by atoms with Crippen LogP contribution in [-0.2, 0) is 0 Å². The fraction of sp³-hybridized carbons (Fsp3) is 0.235. The summed E-state index contributed by atoms with van der Waals surface area (Å²) in [6.07, 6.45) is -0.0492. The Bertz CT molecular complexity index is 745. The highest BCUT2D eigenvalue weighted by molar-refractivity contribution is 6.05. The zero-order valence-electron chi connectivity index (χ0n) is 12.9. The molecule has 1 N–H and O–H groups in total. The maximum Gasteiger partial charge on any atom is 0.259 e. The third-order valence-electron chi connectivity index (χ3n) is 3.10. The Kier molecular flexibility index (Phi) is 4.93. The van der Waals surface area contributed by atoms with Crippen LogP contribution in [0.5, 0.6) is 5.75 Å². The van der Waals surface area contributed by atoms with E-state index in [-0.39, 0.29) is 11.7 Å². The first-order valence-corrected chi connectivity index (χ1v) is 7.01. The summed E-state index contributed by atoms with van der Waals surface area (Å²) in [6, 6.07) is 6.86. The van der Waals surface area contributed by atoms with E-state index < -0.39 is 28.9 Å². The molecule has 0 fully saturated rings. The van der Waals surface area contributed by atoms with Crippen LogP contribution < -0.4 is 10.1 Å². The van der Waals surface area contributed by atoms with Gasteiger partial charge in [-0.3, -0.25) is 4.79 Å². The maximum absolute atomic E-state index is 13.8. The van der Waals surface area contributed by atoms with E-state index in [1.165, 1.54) is 0 Å². The van der Waals surface area contributed by atoms with Crippen molar-refractivity contribution in [3.05, 3.63) is 58.9 Å². The van der Waals surface area contributed by atoms with Crippen molar-refractivity contribution in [3.63, 3.8) is 0 Å². The molecule has 0 heterocycles. The minimum Gasteiger partial charge on any atom is -0.491 e. The minimum atomic E-state index is -1.33. The van der Waals surface area contributed by atoms with Crippen LogP contribution in [0.4, 0.5) is 18.9 Å². The van der Waals surface area contributed by atoms with Crippen molar-refractivity contribution in [1.29, 1.82) is 0 Å². The first-order valence-electron chi connectivity index (χ1n) is 7.01. The van der Waals surface area contributed by atoms with Crippen molar-refractivity contribution >= 4 is 11.6 Å². The molecule has 0 radical (unpaired) electrons. The second-order valence-corrected chi connectivity index (χ2v) is 5.30. The van der Waals surface area contributed by atoms with Crippen molar-refractivity contribution in [2.75, 3.05) is 5.32 Å². The molecule has 3 nitrogen and oxygen atoms in total. The molecule has 2 aromatic carbocycles. The Balaban J connectivity index is 2.28. The van der Waals surface area contributed by atoms with Crippen LogP contribution in [0.25, 0.3) is 0 Å². The van der Waals surface area contributed by atoms with Gasteiger partial charge in [0, 0.05) is 23.4 Å². The molecule has 0 aromatic heterocycles. The number of hydrogen-bond donors (Lipinski definition) is 1. The van der Waals surface area contributed by atoms with Gasteiger partial charge >= 0.3 is 0 Å². The summed E-state index contributed by atoms with van der Waals surface area (Å²) in [5, 5.41) is 2.45. The smallest absolute Gasteiger partial charge is 0.259 e. The van der Waals surface area contributed by atoms with E-state index in [0.717, 1.165) is 6.92 Å². The number of hydrogen-bond acceptors (Lipinski definition) is 2. The molecule has 0 bridgehead atoms. The Morgan fingerprint density at radius 2 is 1.83 bits per heavy atom. The zero-order valence-corrected chi connectivity index (χ0v) is 12.9. The van der Waals surface area contributed by atoms with E-state index in [4.69, 9.17) is 4.74 Å². The van der Waals surface area contributed by atoms with Gasteiger partial charge in [-0.25, -0.2) is 13.2 Å². The molecule has 6 heteroatoms. The standard InChI is InChI=1S/C17H16F3NO2/c1-9(2)23-12-6-4-5-11(7-12)21-17(22)15-10(3)16(20)14(19)8-13(15)18/h4-9H,1-3H3,(H,21,22). The molecule has 0 aliphatic rings. The van der Waals surface area contributed by atoms with Crippen molar-refractivity contribution in [2.24, 2.45) is 0 Å². The third kappa shape index (κ3) is 3.83. The van der Waals surface area contributed by atoms with Gasteiger partial charge in [0.25, 0.3) is 5.91 Å². The summed E-state index contributed by atoms with van der Waals surface area (Å²) in [4.78, 5) is 12.2. The molecule has 0 unspecified atom stereocenters. The molecule has 0 atom stereocenters. The van der Waals surface area contributed by atoms with E-state index >= 15 is 0 Å². The summed E-state index contributed by atoms with van der Waals surface area (Å²) in [6.45, 7) is 4.85. The van der Waals surface area contributed by atoms with Gasteiger partial charge in [0.15, 0.2) is 11.6 Å². The van der Waals surface area contributed by atoms with Crippen LogP contribution >= 0.6 is 0 Å². The number of halogens is 3. The first kappa shape index (κ1) is 16.9. The summed E-state index contributed by atoms with van der Waals surface area (Å²) < 4.78 is 46.0. The van der Waals surface area contributed by atoms with Gasteiger partial charge in [-0.2, -0.15) is 0 Å². The lowest BCUT2D eigenvalue weighted by atomic mass is 10.1. The average Bonchev–Trinajstić information content (AvgIpc) is 2.44. The van der Waals surface area contributed by atoms with Crippen LogP contribution in [0.1, 0.15) is 29.8 Å². The van der Waals surface area contributed by atoms with Crippen LogP contribution in [0.15, 0.2) is 30.3 Å². The minimum absolute atomic E-state index is 0.0492. The monoisotopic (exact) mass is 323 g/mol. The summed E-state index contributed by atoms with van der Waals surface area (Å²) in [5.74, 6) is -4.02. The number of nitrogens with one attached hydrogen (secondary N) is 1. The highest BCUT2D eigenvalue weighted by Gasteiger charge is 2.21. The van der Waals surface area contributed by atoms with Crippen molar-refractivity contribution in [2.45, 2.75) is 26.9 Å². The van der Waals surface area contributed by atoms with Gasteiger partial charge in [-0.1, -0.05) is 6.07 Å². The van der Waals surface area contributed by atoms with Gasteiger partial charge in [-0.15, -0.1) is 0 Å². The summed E-state index contributed by atoms with van der Waals surface area (Å²) >= 11 is 0. The first-order chi connectivity index (χ1) is 10.8. The molecule has 2 rings (SSSR count). The predicted molar refractivity (Wildman–Crippen MR) is 81.2 cm³/mol. The number of rotatable bonds is 4. The number of carbonyl (C=O) groups is 1. The molecule has 0 saturated heterocycles. The number of ether oxygens (including phenoxy) is 1. The molecule has 2 aromatic rings. The molecule has 1 amide bonds. The van der Waals surface area contributed by atoms with E-state index in [0.29, 0.717) is 17.5 Å². The fourth-order valence-corrected chi connectivity index (χ4v) is 2.11. The fourth-order valence-electron chi connectivity index (χ4n) is 2.11.